The molecule has 0 amide bonds. The molecule has 0 saturated heterocycles. The van der Waals surface area contributed by atoms with Crippen LogP contribution in [0.2, 0.25) is 0 Å². The Balaban J connectivity index is 1.62. The van der Waals surface area contributed by atoms with Crippen LogP contribution >= 0.6 is 45.2 Å². The summed E-state index contributed by atoms with van der Waals surface area (Å²) in [6.07, 6.45) is 0. The number of hydrogen-bond acceptors (Lipinski definition) is 2. The summed E-state index contributed by atoms with van der Waals surface area (Å²) in [6, 6.07) is 21.3. The summed E-state index contributed by atoms with van der Waals surface area (Å²) in [5, 5.41) is 0. The fourth-order valence-corrected chi connectivity index (χ4v) is 4.65. The summed E-state index contributed by atoms with van der Waals surface area (Å²) < 4.78 is 14.5. The van der Waals surface area contributed by atoms with Gasteiger partial charge < -0.3 is 9.47 Å². The zero-order valence-electron chi connectivity index (χ0n) is 19.8. The van der Waals surface area contributed by atoms with Crippen molar-refractivity contribution in [3.8, 4) is 11.5 Å². The molecule has 3 aromatic rings. The van der Waals surface area contributed by atoms with E-state index in [-0.39, 0.29) is 10.8 Å². The monoisotopic (exact) mass is 654 g/mol. The number of hydrogen-bond donors (Lipinski definition) is 0. The van der Waals surface area contributed by atoms with Crippen molar-refractivity contribution in [1.82, 2.24) is 0 Å². The van der Waals surface area contributed by atoms with E-state index in [9.17, 15) is 0 Å². The molecule has 0 aliphatic heterocycles. The Kier molecular flexibility index (Phi) is 8.18. The van der Waals surface area contributed by atoms with E-state index < -0.39 is 0 Å². The van der Waals surface area contributed by atoms with E-state index in [2.05, 4.69) is 147 Å². The van der Waals surface area contributed by atoms with Crippen LogP contribution in [0.5, 0.6) is 11.5 Å². The number of halogens is 2. The van der Waals surface area contributed by atoms with Crippen molar-refractivity contribution in [3.05, 3.63) is 90.1 Å². The molecule has 3 aromatic carbocycles. The average molecular weight is 654 g/mol. The summed E-state index contributed by atoms with van der Waals surface area (Å²) in [5.74, 6) is 1.80. The van der Waals surface area contributed by atoms with Gasteiger partial charge in [-0.15, -0.1) is 0 Å². The highest BCUT2D eigenvalue weighted by Gasteiger charge is 2.14. The van der Waals surface area contributed by atoms with Gasteiger partial charge in [0, 0.05) is 18.3 Å². The minimum absolute atomic E-state index is 0.149. The highest BCUT2D eigenvalue weighted by atomic mass is 127. The Hall–Kier alpha value is -1.28. The van der Waals surface area contributed by atoms with E-state index in [1.54, 1.807) is 0 Å². The van der Waals surface area contributed by atoms with Gasteiger partial charge in [-0.3, -0.25) is 0 Å². The van der Waals surface area contributed by atoms with Gasteiger partial charge in [0.2, 0.25) is 0 Å². The molecule has 2 nitrogen and oxygen atoms in total. The molecule has 0 bridgehead atoms. The third-order valence-electron chi connectivity index (χ3n) is 5.44. The molecule has 4 heteroatoms. The minimum atomic E-state index is 0.149. The molecule has 32 heavy (non-hydrogen) atoms. The maximum atomic E-state index is 6.06. The SMILES string of the molecule is CC(C)(C)c1ccc(OCc2cc(I)c(COc3ccc(C(C)(C)C)cc3)cc2I)cc1. The van der Waals surface area contributed by atoms with Crippen molar-refractivity contribution < 1.29 is 9.47 Å². The lowest BCUT2D eigenvalue weighted by molar-refractivity contribution is 0.301. The predicted octanol–water partition coefficient (Wildman–Crippen LogP) is 8.65. The molecular formula is C28H32I2O2. The van der Waals surface area contributed by atoms with E-state index in [4.69, 9.17) is 9.47 Å². The number of ether oxygens (including phenoxy) is 2. The fraction of sp³-hybridized carbons (Fsp3) is 0.357. The maximum Gasteiger partial charge on any atom is 0.119 e. The van der Waals surface area contributed by atoms with Gasteiger partial charge in [-0.2, -0.15) is 0 Å². The first-order valence-electron chi connectivity index (χ1n) is 10.9. The van der Waals surface area contributed by atoms with Crippen molar-refractivity contribution in [2.24, 2.45) is 0 Å². The Bertz CT molecular complexity index is 954. The van der Waals surface area contributed by atoms with Crippen molar-refractivity contribution in [3.63, 3.8) is 0 Å². The summed E-state index contributed by atoms with van der Waals surface area (Å²) in [5.41, 5.74) is 5.30. The minimum Gasteiger partial charge on any atom is -0.489 e. The van der Waals surface area contributed by atoms with Crippen LogP contribution in [0.15, 0.2) is 60.7 Å². The van der Waals surface area contributed by atoms with Crippen LogP contribution in [0.3, 0.4) is 0 Å². The molecule has 0 aromatic heterocycles. The summed E-state index contributed by atoms with van der Waals surface area (Å²) in [4.78, 5) is 0. The van der Waals surface area contributed by atoms with Crippen LogP contribution < -0.4 is 9.47 Å². The molecule has 0 aliphatic carbocycles. The standard InChI is InChI=1S/C28H32I2O2/c1-27(2,3)21-7-11-23(12-8-21)31-17-19-15-26(30)20(16-25(19)29)18-32-24-13-9-22(10-14-24)28(4,5)6/h7-16H,17-18H2,1-6H3. The van der Waals surface area contributed by atoms with Gasteiger partial charge in [0.25, 0.3) is 0 Å². The lowest BCUT2D eigenvalue weighted by Crippen LogP contribution is -2.10. The summed E-state index contributed by atoms with van der Waals surface area (Å²) in [7, 11) is 0. The van der Waals surface area contributed by atoms with Crippen molar-refractivity contribution >= 4 is 45.2 Å². The topological polar surface area (TPSA) is 18.5 Å². The van der Waals surface area contributed by atoms with Gasteiger partial charge in [0.1, 0.15) is 24.7 Å². The van der Waals surface area contributed by atoms with Gasteiger partial charge in [-0.25, -0.2) is 0 Å². The third kappa shape index (κ3) is 6.86. The number of rotatable bonds is 6. The highest BCUT2D eigenvalue weighted by molar-refractivity contribution is 14.1. The molecule has 0 unspecified atom stereocenters. The molecule has 0 heterocycles. The van der Waals surface area contributed by atoms with Gasteiger partial charge in [0.15, 0.2) is 0 Å². The number of benzene rings is 3. The van der Waals surface area contributed by atoms with Crippen LogP contribution in [0, 0.1) is 7.14 Å². The van der Waals surface area contributed by atoms with E-state index in [0.717, 1.165) is 11.5 Å². The van der Waals surface area contributed by atoms with Gasteiger partial charge in [0.05, 0.1) is 0 Å². The molecule has 170 valence electrons. The third-order valence-corrected chi connectivity index (χ3v) is 7.45. The predicted molar refractivity (Wildman–Crippen MR) is 151 cm³/mol. The first-order chi connectivity index (χ1) is 14.9. The van der Waals surface area contributed by atoms with Crippen LogP contribution in [0.1, 0.15) is 63.8 Å². The van der Waals surface area contributed by atoms with Crippen LogP contribution in [-0.4, -0.2) is 0 Å². The summed E-state index contributed by atoms with van der Waals surface area (Å²) >= 11 is 4.78. The van der Waals surface area contributed by atoms with Gasteiger partial charge >= 0.3 is 0 Å². The van der Waals surface area contributed by atoms with E-state index >= 15 is 0 Å². The zero-order chi connectivity index (χ0) is 23.5. The molecule has 0 spiro atoms. The quantitative estimate of drug-likeness (QED) is 0.248. The normalized spacial score (nSPS) is 12.0. The van der Waals surface area contributed by atoms with Crippen molar-refractivity contribution in [2.45, 2.75) is 65.6 Å². The molecule has 0 fully saturated rings. The van der Waals surface area contributed by atoms with Crippen molar-refractivity contribution in [2.75, 3.05) is 0 Å². The average Bonchev–Trinajstić information content (AvgIpc) is 2.72. The zero-order valence-corrected chi connectivity index (χ0v) is 24.1. The van der Waals surface area contributed by atoms with Crippen molar-refractivity contribution in [1.29, 1.82) is 0 Å². The molecular weight excluding hydrogens is 622 g/mol. The Morgan fingerprint density at radius 3 is 1.16 bits per heavy atom. The lowest BCUT2D eigenvalue weighted by atomic mass is 9.87. The second-order valence-corrected chi connectivity index (χ2v) is 12.5. The largest absolute Gasteiger partial charge is 0.489 e. The molecule has 3 rings (SSSR count). The molecule has 0 atom stereocenters. The lowest BCUT2D eigenvalue weighted by Gasteiger charge is -2.19. The first kappa shape index (κ1) is 25.3. The Morgan fingerprint density at radius 1 is 0.562 bits per heavy atom. The van der Waals surface area contributed by atoms with Crippen LogP contribution in [-0.2, 0) is 24.0 Å². The second-order valence-electron chi connectivity index (χ2n) is 10.2. The molecule has 0 saturated carbocycles. The summed E-state index contributed by atoms with van der Waals surface area (Å²) in [6.45, 7) is 14.4. The van der Waals surface area contributed by atoms with E-state index in [1.165, 1.54) is 29.4 Å². The fourth-order valence-electron chi connectivity index (χ4n) is 3.27. The molecule has 0 radical (unpaired) electrons. The van der Waals surface area contributed by atoms with Crippen LogP contribution in [0.4, 0.5) is 0 Å². The second kappa shape index (κ2) is 10.3. The molecule has 0 N–H and O–H groups in total. The highest BCUT2D eigenvalue weighted by Crippen LogP contribution is 2.28. The smallest absolute Gasteiger partial charge is 0.119 e. The van der Waals surface area contributed by atoms with Gasteiger partial charge in [-0.05, 0) is 104 Å². The Morgan fingerprint density at radius 2 is 0.875 bits per heavy atom. The van der Waals surface area contributed by atoms with E-state index in [0.29, 0.717) is 13.2 Å². The van der Waals surface area contributed by atoms with E-state index in [1.807, 2.05) is 0 Å². The first-order valence-corrected chi connectivity index (χ1v) is 13.0. The molecule has 0 aliphatic rings. The maximum absolute atomic E-state index is 6.06. The van der Waals surface area contributed by atoms with Crippen LogP contribution in [0.25, 0.3) is 0 Å². The Labute approximate surface area is 220 Å². The van der Waals surface area contributed by atoms with Gasteiger partial charge in [-0.1, -0.05) is 65.8 Å².